The van der Waals surface area contributed by atoms with Gasteiger partial charge in [0.1, 0.15) is 5.02 Å². The van der Waals surface area contributed by atoms with Crippen molar-refractivity contribution in [3.8, 4) is 0 Å². The average molecular weight is 273 g/mol. The van der Waals surface area contributed by atoms with E-state index in [0.29, 0.717) is 19.4 Å². The number of aliphatic hydroxyl groups excluding tert-OH is 1. The Morgan fingerprint density at radius 1 is 1.44 bits per heavy atom. The topological polar surface area (TPSA) is 92.5 Å². The number of hydrogen-bond acceptors (Lipinski definition) is 4. The molecule has 18 heavy (non-hydrogen) atoms. The van der Waals surface area contributed by atoms with E-state index in [-0.39, 0.29) is 22.9 Å². The molecule has 1 aromatic rings. The number of nitrogens with one attached hydrogen (secondary N) is 1. The van der Waals surface area contributed by atoms with Crippen LogP contribution in [-0.2, 0) is 0 Å². The maximum absolute atomic E-state index is 11.7. The number of hydrogen-bond donors (Lipinski definition) is 2. The number of nitro benzene ring substituents is 1. The molecule has 0 aliphatic carbocycles. The first-order chi connectivity index (χ1) is 8.56. The fourth-order valence-corrected chi connectivity index (χ4v) is 1.52. The van der Waals surface area contributed by atoms with E-state index in [2.05, 4.69) is 5.32 Å². The predicted molar refractivity (Wildman–Crippen MR) is 66.8 cm³/mol. The van der Waals surface area contributed by atoms with Gasteiger partial charge in [-0.05, 0) is 25.0 Å². The number of nitrogens with zero attached hydrogens (tertiary/aromatic N) is 1. The fraction of sp³-hybridized carbons (Fsp3) is 0.364. The highest BCUT2D eigenvalue weighted by molar-refractivity contribution is 6.32. The van der Waals surface area contributed by atoms with Crippen molar-refractivity contribution in [1.29, 1.82) is 0 Å². The van der Waals surface area contributed by atoms with Crippen LogP contribution in [0.4, 0.5) is 5.69 Å². The summed E-state index contributed by atoms with van der Waals surface area (Å²) in [6.07, 6.45) is 1.25. The Morgan fingerprint density at radius 2 is 2.17 bits per heavy atom. The van der Waals surface area contributed by atoms with Crippen LogP contribution in [0.5, 0.6) is 0 Å². The number of carbonyl (C=O) groups is 1. The van der Waals surface area contributed by atoms with Crippen molar-refractivity contribution in [1.82, 2.24) is 5.32 Å². The average Bonchev–Trinajstić information content (AvgIpc) is 2.34. The first-order valence-corrected chi connectivity index (χ1v) is 5.77. The highest BCUT2D eigenvalue weighted by atomic mass is 35.5. The normalized spacial score (nSPS) is 10.1. The summed E-state index contributed by atoms with van der Waals surface area (Å²) < 4.78 is 0. The van der Waals surface area contributed by atoms with Crippen molar-refractivity contribution in [2.45, 2.75) is 12.8 Å². The molecule has 98 valence electrons. The van der Waals surface area contributed by atoms with Gasteiger partial charge in [0.25, 0.3) is 11.6 Å². The van der Waals surface area contributed by atoms with Crippen LogP contribution < -0.4 is 5.32 Å². The van der Waals surface area contributed by atoms with Crippen molar-refractivity contribution >= 4 is 23.2 Å². The van der Waals surface area contributed by atoms with Crippen LogP contribution in [0.15, 0.2) is 18.2 Å². The second kappa shape index (κ2) is 6.93. The molecule has 7 heteroatoms. The predicted octanol–water partition coefficient (Wildman–Crippen LogP) is 1.75. The fourth-order valence-electron chi connectivity index (χ4n) is 1.33. The van der Waals surface area contributed by atoms with Gasteiger partial charge in [0, 0.05) is 24.8 Å². The lowest BCUT2D eigenvalue weighted by molar-refractivity contribution is -0.384. The summed E-state index contributed by atoms with van der Waals surface area (Å²) >= 11 is 5.64. The Labute approximate surface area is 109 Å². The highest BCUT2D eigenvalue weighted by Crippen LogP contribution is 2.24. The van der Waals surface area contributed by atoms with Gasteiger partial charge in [-0.15, -0.1) is 0 Å². The lowest BCUT2D eigenvalue weighted by Crippen LogP contribution is -2.24. The molecule has 0 unspecified atom stereocenters. The molecule has 0 atom stereocenters. The molecule has 1 rings (SSSR count). The number of benzene rings is 1. The van der Waals surface area contributed by atoms with Crippen LogP contribution in [0.3, 0.4) is 0 Å². The number of amides is 1. The van der Waals surface area contributed by atoms with Crippen molar-refractivity contribution < 1.29 is 14.8 Å². The number of rotatable bonds is 6. The Hall–Kier alpha value is -1.66. The summed E-state index contributed by atoms with van der Waals surface area (Å²) in [6, 6.07) is 3.89. The molecule has 0 saturated carbocycles. The van der Waals surface area contributed by atoms with E-state index in [0.717, 1.165) is 6.07 Å². The molecule has 0 spiro atoms. The van der Waals surface area contributed by atoms with Gasteiger partial charge >= 0.3 is 0 Å². The molecule has 0 saturated heterocycles. The van der Waals surface area contributed by atoms with Crippen LogP contribution in [0.1, 0.15) is 23.2 Å². The molecule has 0 aliphatic rings. The van der Waals surface area contributed by atoms with E-state index in [4.69, 9.17) is 16.7 Å². The van der Waals surface area contributed by atoms with E-state index in [1.165, 1.54) is 12.1 Å². The number of aliphatic hydroxyl groups is 1. The zero-order valence-electron chi connectivity index (χ0n) is 9.56. The Morgan fingerprint density at radius 3 is 2.78 bits per heavy atom. The van der Waals surface area contributed by atoms with Gasteiger partial charge in [-0.3, -0.25) is 14.9 Å². The standard InChI is InChI=1S/C11H13ClN2O4/c12-9-4-3-8(7-10(9)14(17)18)11(16)13-5-1-2-6-15/h3-4,7,15H,1-2,5-6H2,(H,13,16). The zero-order chi connectivity index (χ0) is 13.5. The van der Waals surface area contributed by atoms with Crippen molar-refractivity contribution in [2.24, 2.45) is 0 Å². The number of unbranched alkanes of at least 4 members (excludes halogenated alkanes) is 1. The largest absolute Gasteiger partial charge is 0.396 e. The molecule has 0 radical (unpaired) electrons. The zero-order valence-corrected chi connectivity index (χ0v) is 10.3. The van der Waals surface area contributed by atoms with E-state index >= 15 is 0 Å². The third-order valence-electron chi connectivity index (χ3n) is 2.28. The third-order valence-corrected chi connectivity index (χ3v) is 2.60. The molecular weight excluding hydrogens is 260 g/mol. The quantitative estimate of drug-likeness (QED) is 0.469. The van der Waals surface area contributed by atoms with Crippen molar-refractivity contribution in [3.05, 3.63) is 38.9 Å². The number of halogens is 1. The van der Waals surface area contributed by atoms with E-state index in [9.17, 15) is 14.9 Å². The molecule has 0 fully saturated rings. The second-order valence-corrected chi connectivity index (χ2v) is 4.02. The van der Waals surface area contributed by atoms with Crippen molar-refractivity contribution in [2.75, 3.05) is 13.2 Å². The molecule has 6 nitrogen and oxygen atoms in total. The van der Waals surface area contributed by atoms with Gasteiger partial charge in [0.2, 0.25) is 0 Å². The monoisotopic (exact) mass is 272 g/mol. The maximum atomic E-state index is 11.7. The number of nitro groups is 1. The Bertz CT molecular complexity index is 451. The molecule has 0 bridgehead atoms. The van der Waals surface area contributed by atoms with Gasteiger partial charge in [0.05, 0.1) is 4.92 Å². The molecule has 2 N–H and O–H groups in total. The Balaban J connectivity index is 2.68. The van der Waals surface area contributed by atoms with Crippen LogP contribution in [0, 0.1) is 10.1 Å². The molecule has 0 heterocycles. The summed E-state index contributed by atoms with van der Waals surface area (Å²) in [5.41, 5.74) is -0.102. The first kappa shape index (κ1) is 14.4. The molecular formula is C11H13ClN2O4. The smallest absolute Gasteiger partial charge is 0.288 e. The van der Waals surface area contributed by atoms with Crippen LogP contribution >= 0.6 is 11.6 Å². The summed E-state index contributed by atoms with van der Waals surface area (Å²) in [7, 11) is 0. The first-order valence-electron chi connectivity index (χ1n) is 5.39. The van der Waals surface area contributed by atoms with Gasteiger partial charge in [0.15, 0.2) is 0 Å². The lowest BCUT2D eigenvalue weighted by Gasteiger charge is -2.05. The highest BCUT2D eigenvalue weighted by Gasteiger charge is 2.15. The second-order valence-electron chi connectivity index (χ2n) is 3.61. The summed E-state index contributed by atoms with van der Waals surface area (Å²) in [6.45, 7) is 0.484. The summed E-state index contributed by atoms with van der Waals surface area (Å²) in [4.78, 5) is 21.7. The SMILES string of the molecule is O=C(NCCCCO)c1ccc(Cl)c([N+](=O)[O-])c1. The maximum Gasteiger partial charge on any atom is 0.288 e. The minimum absolute atomic E-state index is 0.00293. The molecule has 1 amide bonds. The summed E-state index contributed by atoms with van der Waals surface area (Å²) in [5, 5.41) is 21.8. The molecule has 1 aromatic carbocycles. The Kier molecular flexibility index (Phi) is 5.54. The van der Waals surface area contributed by atoms with E-state index < -0.39 is 10.8 Å². The van der Waals surface area contributed by atoms with E-state index in [1.54, 1.807) is 0 Å². The third kappa shape index (κ3) is 3.97. The number of carbonyl (C=O) groups excluding carboxylic acids is 1. The van der Waals surface area contributed by atoms with Crippen LogP contribution in [-0.4, -0.2) is 29.1 Å². The van der Waals surface area contributed by atoms with Crippen molar-refractivity contribution in [3.63, 3.8) is 0 Å². The molecule has 0 aliphatic heterocycles. The minimum atomic E-state index is -0.634. The lowest BCUT2D eigenvalue weighted by atomic mass is 10.2. The van der Waals surface area contributed by atoms with Crippen LogP contribution in [0.2, 0.25) is 5.02 Å². The van der Waals surface area contributed by atoms with Gasteiger partial charge in [-0.2, -0.15) is 0 Å². The summed E-state index contributed by atoms with van der Waals surface area (Å²) in [5.74, 6) is -0.396. The van der Waals surface area contributed by atoms with E-state index in [1.807, 2.05) is 0 Å². The molecule has 0 aromatic heterocycles. The van der Waals surface area contributed by atoms with Gasteiger partial charge in [-0.1, -0.05) is 11.6 Å². The minimum Gasteiger partial charge on any atom is -0.396 e. The van der Waals surface area contributed by atoms with Crippen LogP contribution in [0.25, 0.3) is 0 Å². The van der Waals surface area contributed by atoms with Gasteiger partial charge < -0.3 is 10.4 Å². The van der Waals surface area contributed by atoms with Gasteiger partial charge in [-0.25, -0.2) is 0 Å².